The molecule has 1 atom stereocenters. The number of hydrogen-bond acceptors (Lipinski definition) is 5. The number of ether oxygens (including phenoxy) is 3. The third-order valence-electron chi connectivity index (χ3n) is 4.50. The monoisotopic (exact) mass is 444 g/mol. The number of esters is 1. The maximum Gasteiger partial charge on any atom is 0.338 e. The van der Waals surface area contributed by atoms with E-state index in [9.17, 15) is 9.59 Å². The molecular formula is C20H17BrN2O5. The van der Waals surface area contributed by atoms with Crippen LogP contribution in [0.15, 0.2) is 58.2 Å². The van der Waals surface area contributed by atoms with Crippen molar-refractivity contribution in [2.75, 3.05) is 6.79 Å². The van der Waals surface area contributed by atoms with Crippen molar-refractivity contribution in [2.24, 2.45) is 0 Å². The number of nitrogens with one attached hydrogen (secondary N) is 2. The lowest BCUT2D eigenvalue weighted by atomic mass is 9.96. The predicted octanol–water partition coefficient (Wildman–Crippen LogP) is 3.55. The molecule has 0 bridgehead atoms. The third-order valence-corrected chi connectivity index (χ3v) is 5.03. The Kier molecular flexibility index (Phi) is 4.95. The first-order valence-electron chi connectivity index (χ1n) is 8.60. The quantitative estimate of drug-likeness (QED) is 0.704. The van der Waals surface area contributed by atoms with E-state index in [1.54, 1.807) is 19.1 Å². The summed E-state index contributed by atoms with van der Waals surface area (Å²) in [4.78, 5) is 24.8. The van der Waals surface area contributed by atoms with Crippen LogP contribution in [-0.4, -0.2) is 18.8 Å². The smallest absolute Gasteiger partial charge is 0.338 e. The molecule has 7 nitrogen and oxygen atoms in total. The van der Waals surface area contributed by atoms with Crippen LogP contribution in [0.3, 0.4) is 0 Å². The maximum absolute atomic E-state index is 12.8. The zero-order valence-electron chi connectivity index (χ0n) is 15.0. The van der Waals surface area contributed by atoms with Gasteiger partial charge in [0.1, 0.15) is 6.61 Å². The highest BCUT2D eigenvalue weighted by Gasteiger charge is 2.32. The highest BCUT2D eigenvalue weighted by atomic mass is 79.9. The van der Waals surface area contributed by atoms with Crippen molar-refractivity contribution in [2.45, 2.75) is 19.6 Å². The number of rotatable bonds is 4. The van der Waals surface area contributed by atoms with Crippen molar-refractivity contribution in [3.05, 3.63) is 69.3 Å². The SMILES string of the molecule is CC1=C(C(=O)OCc2ccc3c(c2)OCO3)[C@@H](c2ccc(Br)cc2)NC(=O)N1. The van der Waals surface area contributed by atoms with E-state index in [0.29, 0.717) is 22.8 Å². The Morgan fingerprint density at radius 3 is 2.71 bits per heavy atom. The Bertz CT molecular complexity index is 971. The summed E-state index contributed by atoms with van der Waals surface area (Å²) in [6, 6.07) is 11.8. The second-order valence-electron chi connectivity index (χ2n) is 6.39. The number of halogens is 1. The lowest BCUT2D eigenvalue weighted by Gasteiger charge is -2.28. The standard InChI is InChI=1S/C20H17BrN2O5/c1-11-17(18(23-20(25)22-11)13-3-5-14(21)6-4-13)19(24)26-9-12-2-7-15-16(8-12)28-10-27-15/h2-8,18H,9-10H2,1H3,(H2,22,23,25)/t18-/m1/s1. The number of carbonyl (C=O) groups is 2. The number of hydrogen-bond donors (Lipinski definition) is 2. The van der Waals surface area contributed by atoms with E-state index in [1.807, 2.05) is 30.3 Å². The van der Waals surface area contributed by atoms with Gasteiger partial charge in [-0.3, -0.25) is 0 Å². The van der Waals surface area contributed by atoms with Gasteiger partial charge < -0.3 is 24.8 Å². The number of amides is 2. The van der Waals surface area contributed by atoms with Gasteiger partial charge in [-0.2, -0.15) is 0 Å². The molecule has 0 saturated heterocycles. The summed E-state index contributed by atoms with van der Waals surface area (Å²) >= 11 is 3.39. The first-order chi connectivity index (χ1) is 13.5. The summed E-state index contributed by atoms with van der Waals surface area (Å²) in [5, 5.41) is 5.42. The molecule has 4 rings (SSSR count). The zero-order valence-corrected chi connectivity index (χ0v) is 16.5. The molecule has 2 aromatic rings. The zero-order chi connectivity index (χ0) is 19.7. The van der Waals surface area contributed by atoms with E-state index in [1.165, 1.54) is 0 Å². The Morgan fingerprint density at radius 1 is 1.18 bits per heavy atom. The van der Waals surface area contributed by atoms with Crippen LogP contribution in [0.1, 0.15) is 24.1 Å². The van der Waals surface area contributed by atoms with Crippen LogP contribution in [0.5, 0.6) is 11.5 Å². The number of carbonyl (C=O) groups excluding carboxylic acids is 2. The summed E-state index contributed by atoms with van der Waals surface area (Å²) in [5.74, 6) is 0.794. The minimum atomic E-state index is -0.592. The normalized spacial score (nSPS) is 17.8. The minimum absolute atomic E-state index is 0.0766. The van der Waals surface area contributed by atoms with E-state index >= 15 is 0 Å². The fraction of sp³-hybridized carbons (Fsp3) is 0.200. The molecule has 0 spiro atoms. The molecule has 0 saturated carbocycles. The van der Waals surface area contributed by atoms with Gasteiger partial charge in [0.15, 0.2) is 11.5 Å². The minimum Gasteiger partial charge on any atom is -0.457 e. The van der Waals surface area contributed by atoms with E-state index in [2.05, 4.69) is 26.6 Å². The molecule has 0 aliphatic carbocycles. The fourth-order valence-electron chi connectivity index (χ4n) is 3.13. The van der Waals surface area contributed by atoms with Gasteiger partial charge in [0.05, 0.1) is 11.6 Å². The summed E-state index contributed by atoms with van der Waals surface area (Å²) < 4.78 is 17.0. The molecule has 2 aliphatic rings. The lowest BCUT2D eigenvalue weighted by molar-refractivity contribution is -0.140. The van der Waals surface area contributed by atoms with Crippen molar-refractivity contribution in [1.29, 1.82) is 0 Å². The maximum atomic E-state index is 12.8. The largest absolute Gasteiger partial charge is 0.457 e. The fourth-order valence-corrected chi connectivity index (χ4v) is 3.39. The topological polar surface area (TPSA) is 85.9 Å². The van der Waals surface area contributed by atoms with E-state index in [0.717, 1.165) is 15.6 Å². The summed E-state index contributed by atoms with van der Waals surface area (Å²) in [6.07, 6.45) is 0. The molecule has 2 aliphatic heterocycles. The molecule has 2 aromatic carbocycles. The molecule has 144 valence electrons. The first-order valence-corrected chi connectivity index (χ1v) is 9.40. The Labute approximate surface area is 169 Å². The predicted molar refractivity (Wildman–Crippen MR) is 104 cm³/mol. The molecule has 2 amide bonds. The van der Waals surface area contributed by atoms with Gasteiger partial charge in [0.2, 0.25) is 6.79 Å². The Hall–Kier alpha value is -3.00. The molecule has 0 radical (unpaired) electrons. The average Bonchev–Trinajstić information content (AvgIpc) is 3.14. The van der Waals surface area contributed by atoms with Crippen LogP contribution < -0.4 is 20.1 Å². The van der Waals surface area contributed by atoms with Crippen molar-refractivity contribution >= 4 is 27.9 Å². The molecule has 2 heterocycles. The molecule has 2 N–H and O–H groups in total. The average molecular weight is 445 g/mol. The van der Waals surface area contributed by atoms with Crippen LogP contribution in [0.25, 0.3) is 0 Å². The van der Waals surface area contributed by atoms with Crippen molar-refractivity contribution in [1.82, 2.24) is 10.6 Å². The van der Waals surface area contributed by atoms with Crippen molar-refractivity contribution in [3.8, 4) is 11.5 Å². The summed E-state index contributed by atoms with van der Waals surface area (Å²) in [7, 11) is 0. The highest BCUT2D eigenvalue weighted by Crippen LogP contribution is 2.33. The molecule has 0 fully saturated rings. The number of benzene rings is 2. The van der Waals surface area contributed by atoms with Crippen LogP contribution in [-0.2, 0) is 16.1 Å². The molecule has 28 heavy (non-hydrogen) atoms. The third kappa shape index (κ3) is 3.68. The van der Waals surface area contributed by atoms with E-state index < -0.39 is 12.0 Å². The molecule has 0 aromatic heterocycles. The lowest BCUT2D eigenvalue weighted by Crippen LogP contribution is -2.45. The van der Waals surface area contributed by atoms with Crippen molar-refractivity contribution in [3.63, 3.8) is 0 Å². The van der Waals surface area contributed by atoms with Gasteiger partial charge in [-0.25, -0.2) is 9.59 Å². The molecule has 8 heteroatoms. The molecule has 0 unspecified atom stereocenters. The van der Waals surface area contributed by atoms with Crippen molar-refractivity contribution < 1.29 is 23.8 Å². The van der Waals surface area contributed by atoms with E-state index in [-0.39, 0.29) is 19.4 Å². The second-order valence-corrected chi connectivity index (χ2v) is 7.30. The molecular weight excluding hydrogens is 428 g/mol. The van der Waals surface area contributed by atoms with Gasteiger partial charge in [0, 0.05) is 10.2 Å². The van der Waals surface area contributed by atoms with Gasteiger partial charge >= 0.3 is 12.0 Å². The summed E-state index contributed by atoms with van der Waals surface area (Å²) in [6.45, 7) is 1.94. The number of urea groups is 1. The first kappa shape index (κ1) is 18.4. The van der Waals surface area contributed by atoms with Gasteiger partial charge in [-0.15, -0.1) is 0 Å². The van der Waals surface area contributed by atoms with Crippen LogP contribution >= 0.6 is 15.9 Å². The Balaban J connectivity index is 1.54. The summed E-state index contributed by atoms with van der Waals surface area (Å²) in [5.41, 5.74) is 2.39. The number of allylic oxidation sites excluding steroid dienone is 1. The van der Waals surface area contributed by atoms with Gasteiger partial charge in [-0.05, 0) is 42.3 Å². The second kappa shape index (κ2) is 7.55. The van der Waals surface area contributed by atoms with E-state index in [4.69, 9.17) is 14.2 Å². The van der Waals surface area contributed by atoms with Crippen LogP contribution in [0.2, 0.25) is 0 Å². The van der Waals surface area contributed by atoms with Crippen LogP contribution in [0.4, 0.5) is 4.79 Å². The van der Waals surface area contributed by atoms with Crippen LogP contribution in [0, 0.1) is 0 Å². The number of fused-ring (bicyclic) bond motifs is 1. The van der Waals surface area contributed by atoms with Gasteiger partial charge in [-0.1, -0.05) is 34.1 Å². The Morgan fingerprint density at radius 2 is 1.93 bits per heavy atom. The van der Waals surface area contributed by atoms with Gasteiger partial charge in [0.25, 0.3) is 0 Å². The highest BCUT2D eigenvalue weighted by molar-refractivity contribution is 9.10.